The molecule has 0 bridgehead atoms. The van der Waals surface area contributed by atoms with Crippen LogP contribution in [0.15, 0.2) is 18.2 Å². The van der Waals surface area contributed by atoms with Gasteiger partial charge in [-0.2, -0.15) is 0 Å². The molecule has 1 aliphatic carbocycles. The van der Waals surface area contributed by atoms with Gasteiger partial charge in [-0.05, 0) is 31.0 Å². The fraction of sp³-hybridized carbons (Fsp3) is 0.438. The van der Waals surface area contributed by atoms with E-state index in [4.69, 9.17) is 14.9 Å². The Hall–Kier alpha value is -2.03. The summed E-state index contributed by atoms with van der Waals surface area (Å²) in [6.07, 6.45) is 1.97. The number of aliphatic hydroxyl groups excluding tert-OH is 2. The molecule has 1 fully saturated rings. The third-order valence-electron chi connectivity index (χ3n) is 3.34. The van der Waals surface area contributed by atoms with E-state index in [-0.39, 0.29) is 25.2 Å². The highest BCUT2D eigenvalue weighted by Gasteiger charge is 2.32. The number of carbonyl (C=O) groups excluding carboxylic acids is 1. The first-order valence-corrected chi connectivity index (χ1v) is 6.91. The van der Waals surface area contributed by atoms with E-state index in [0.717, 1.165) is 12.8 Å². The highest BCUT2D eigenvalue weighted by atomic mass is 16.5. The number of nitrogens with zero attached hydrogens (tertiary/aromatic N) is 1. The Kier molecular flexibility index (Phi) is 5.20. The molecule has 1 aromatic rings. The van der Waals surface area contributed by atoms with Crippen molar-refractivity contribution >= 4 is 5.91 Å². The second-order valence-electron chi connectivity index (χ2n) is 4.83. The van der Waals surface area contributed by atoms with Crippen molar-refractivity contribution in [2.24, 2.45) is 0 Å². The van der Waals surface area contributed by atoms with Gasteiger partial charge in [-0.25, -0.2) is 0 Å². The molecular formula is C16H19NO4. The molecule has 0 unspecified atom stereocenters. The molecule has 21 heavy (non-hydrogen) atoms. The van der Waals surface area contributed by atoms with E-state index in [0.29, 0.717) is 23.4 Å². The molecule has 2 rings (SSSR count). The Morgan fingerprint density at radius 3 is 2.76 bits per heavy atom. The first kappa shape index (κ1) is 15.4. The van der Waals surface area contributed by atoms with Crippen LogP contribution in [0.5, 0.6) is 5.75 Å². The second kappa shape index (κ2) is 7.11. The molecule has 1 aromatic carbocycles. The molecule has 1 aliphatic rings. The Bertz CT molecular complexity index is 569. The standard InChI is InChI=1S/C16H19NO4/c1-21-15-7-4-13(11-12(15)3-2-9-18)16(20)17(8-10-19)14-5-6-14/h4,7,11,14,18-19H,5-6,8-10H2,1H3. The zero-order valence-electron chi connectivity index (χ0n) is 12.0. The van der Waals surface area contributed by atoms with Crippen molar-refractivity contribution in [1.29, 1.82) is 0 Å². The summed E-state index contributed by atoms with van der Waals surface area (Å²) in [5.74, 6) is 5.79. The van der Waals surface area contributed by atoms with Crippen molar-refractivity contribution in [3.63, 3.8) is 0 Å². The maximum Gasteiger partial charge on any atom is 0.254 e. The summed E-state index contributed by atoms with van der Waals surface area (Å²) in [7, 11) is 1.53. The molecule has 5 heteroatoms. The minimum atomic E-state index is -0.250. The maximum atomic E-state index is 12.5. The lowest BCUT2D eigenvalue weighted by molar-refractivity contribution is 0.0707. The number of rotatable bonds is 5. The van der Waals surface area contributed by atoms with Crippen LogP contribution in [-0.2, 0) is 0 Å². The average molecular weight is 289 g/mol. The van der Waals surface area contributed by atoms with Gasteiger partial charge in [-0.1, -0.05) is 11.8 Å². The number of hydrogen-bond acceptors (Lipinski definition) is 4. The van der Waals surface area contributed by atoms with E-state index in [1.165, 1.54) is 7.11 Å². The molecule has 0 aromatic heterocycles. The SMILES string of the molecule is COc1ccc(C(=O)N(CCO)C2CC2)cc1C#CCO. The van der Waals surface area contributed by atoms with Gasteiger partial charge in [0.25, 0.3) is 5.91 Å². The lowest BCUT2D eigenvalue weighted by atomic mass is 10.1. The maximum absolute atomic E-state index is 12.5. The molecule has 1 saturated carbocycles. The van der Waals surface area contributed by atoms with Crippen molar-refractivity contribution in [1.82, 2.24) is 4.90 Å². The highest BCUT2D eigenvalue weighted by molar-refractivity contribution is 5.95. The molecular weight excluding hydrogens is 270 g/mol. The van der Waals surface area contributed by atoms with E-state index in [9.17, 15) is 4.79 Å². The van der Waals surface area contributed by atoms with Crippen LogP contribution in [0.1, 0.15) is 28.8 Å². The summed E-state index contributed by atoms with van der Waals surface area (Å²) in [4.78, 5) is 14.2. The molecule has 2 N–H and O–H groups in total. The molecule has 0 heterocycles. The first-order valence-electron chi connectivity index (χ1n) is 6.91. The van der Waals surface area contributed by atoms with Crippen LogP contribution >= 0.6 is 0 Å². The number of ether oxygens (including phenoxy) is 1. The summed E-state index contributed by atoms with van der Waals surface area (Å²) >= 11 is 0. The summed E-state index contributed by atoms with van der Waals surface area (Å²) in [6.45, 7) is 0.0444. The molecule has 112 valence electrons. The summed E-state index contributed by atoms with van der Waals surface area (Å²) in [6, 6.07) is 5.28. The monoisotopic (exact) mass is 289 g/mol. The van der Waals surface area contributed by atoms with Crippen LogP contribution < -0.4 is 4.74 Å². The van der Waals surface area contributed by atoms with Crippen molar-refractivity contribution in [2.75, 3.05) is 26.9 Å². The Morgan fingerprint density at radius 2 is 2.19 bits per heavy atom. The Morgan fingerprint density at radius 1 is 1.43 bits per heavy atom. The smallest absolute Gasteiger partial charge is 0.254 e. The number of carbonyl (C=O) groups is 1. The van der Waals surface area contributed by atoms with Crippen molar-refractivity contribution < 1.29 is 19.7 Å². The zero-order valence-corrected chi connectivity index (χ0v) is 12.0. The van der Waals surface area contributed by atoms with E-state index in [2.05, 4.69) is 11.8 Å². The van der Waals surface area contributed by atoms with Gasteiger partial charge in [0.05, 0.1) is 19.3 Å². The second-order valence-corrected chi connectivity index (χ2v) is 4.83. The largest absolute Gasteiger partial charge is 0.495 e. The zero-order chi connectivity index (χ0) is 15.2. The van der Waals surface area contributed by atoms with Gasteiger partial charge in [0.2, 0.25) is 0 Å². The number of aliphatic hydroxyl groups is 2. The summed E-state index contributed by atoms with van der Waals surface area (Å²) in [5.41, 5.74) is 1.08. The van der Waals surface area contributed by atoms with Gasteiger partial charge >= 0.3 is 0 Å². The van der Waals surface area contributed by atoms with Crippen LogP contribution in [0, 0.1) is 11.8 Å². The van der Waals surface area contributed by atoms with Gasteiger partial charge in [-0.15, -0.1) is 0 Å². The lowest BCUT2D eigenvalue weighted by Gasteiger charge is -2.21. The Labute approximate surface area is 124 Å². The highest BCUT2D eigenvalue weighted by Crippen LogP contribution is 2.29. The fourth-order valence-electron chi connectivity index (χ4n) is 2.18. The van der Waals surface area contributed by atoms with Gasteiger partial charge < -0.3 is 19.8 Å². The van der Waals surface area contributed by atoms with Gasteiger partial charge in [0.1, 0.15) is 12.4 Å². The van der Waals surface area contributed by atoms with Crippen LogP contribution in [-0.4, -0.2) is 53.9 Å². The van der Waals surface area contributed by atoms with Crippen LogP contribution in [0.25, 0.3) is 0 Å². The van der Waals surface area contributed by atoms with Gasteiger partial charge in [0.15, 0.2) is 0 Å². The molecule has 0 atom stereocenters. The van der Waals surface area contributed by atoms with Crippen molar-refractivity contribution in [3.8, 4) is 17.6 Å². The quantitative estimate of drug-likeness (QED) is 0.780. The summed E-state index contributed by atoms with van der Waals surface area (Å²) in [5, 5.41) is 17.9. The fourth-order valence-corrected chi connectivity index (χ4v) is 2.18. The third-order valence-corrected chi connectivity index (χ3v) is 3.34. The van der Waals surface area contributed by atoms with Crippen LogP contribution in [0.2, 0.25) is 0 Å². The molecule has 0 saturated heterocycles. The number of benzene rings is 1. The molecule has 5 nitrogen and oxygen atoms in total. The predicted octanol–water partition coefficient (Wildman–Crippen LogP) is 0.636. The number of hydrogen-bond donors (Lipinski definition) is 2. The van der Waals surface area contributed by atoms with E-state index in [1.54, 1.807) is 23.1 Å². The molecule has 1 amide bonds. The topological polar surface area (TPSA) is 70.0 Å². The van der Waals surface area contributed by atoms with E-state index in [1.807, 2.05) is 0 Å². The summed E-state index contributed by atoms with van der Waals surface area (Å²) < 4.78 is 5.20. The predicted molar refractivity (Wildman–Crippen MR) is 78.1 cm³/mol. The molecule has 0 radical (unpaired) electrons. The number of methoxy groups -OCH3 is 1. The van der Waals surface area contributed by atoms with E-state index >= 15 is 0 Å². The normalized spacial score (nSPS) is 13.3. The Balaban J connectivity index is 2.28. The van der Waals surface area contributed by atoms with Gasteiger partial charge in [0, 0.05) is 18.2 Å². The minimum Gasteiger partial charge on any atom is -0.495 e. The number of amides is 1. The van der Waals surface area contributed by atoms with E-state index < -0.39 is 0 Å². The first-order chi connectivity index (χ1) is 10.2. The molecule has 0 aliphatic heterocycles. The van der Waals surface area contributed by atoms with Gasteiger partial charge in [-0.3, -0.25) is 4.79 Å². The lowest BCUT2D eigenvalue weighted by Crippen LogP contribution is -2.35. The average Bonchev–Trinajstić information content (AvgIpc) is 3.34. The minimum absolute atomic E-state index is 0.0461. The van der Waals surface area contributed by atoms with Crippen molar-refractivity contribution in [2.45, 2.75) is 18.9 Å². The van der Waals surface area contributed by atoms with Crippen molar-refractivity contribution in [3.05, 3.63) is 29.3 Å². The molecule has 0 spiro atoms. The van der Waals surface area contributed by atoms with Crippen LogP contribution in [0.3, 0.4) is 0 Å². The van der Waals surface area contributed by atoms with Crippen LogP contribution in [0.4, 0.5) is 0 Å². The third kappa shape index (κ3) is 3.75.